The molecule has 3 aromatic rings. The zero-order valence-electron chi connectivity index (χ0n) is 17.5. The van der Waals surface area contributed by atoms with Gasteiger partial charge in [0.05, 0.1) is 41.3 Å². The number of rotatable bonds is 8. The number of benzene rings is 1. The Morgan fingerprint density at radius 2 is 2.03 bits per heavy atom. The summed E-state index contributed by atoms with van der Waals surface area (Å²) in [7, 11) is 2.97. The number of aromatic amines is 1. The lowest BCUT2D eigenvalue weighted by Gasteiger charge is -2.12. The van der Waals surface area contributed by atoms with E-state index < -0.39 is 11.2 Å². The summed E-state index contributed by atoms with van der Waals surface area (Å²) in [5.41, 5.74) is 3.72. The monoisotopic (exact) mass is 449 g/mol. The number of methoxy groups -OCH3 is 2. The number of carbonyl (C=O) groups excluding carboxylic acids is 2. The van der Waals surface area contributed by atoms with Crippen LogP contribution in [0.1, 0.15) is 39.0 Å². The largest absolute Gasteiger partial charge is 0.465 e. The molecule has 0 fully saturated rings. The van der Waals surface area contributed by atoms with Crippen LogP contribution >= 0.6 is 23.4 Å². The molecule has 0 aliphatic rings. The molecule has 0 aliphatic heterocycles. The van der Waals surface area contributed by atoms with E-state index in [4.69, 9.17) is 21.1 Å². The Balaban J connectivity index is 1.92. The summed E-state index contributed by atoms with van der Waals surface area (Å²) in [6.07, 6.45) is 0. The average Bonchev–Trinajstić information content (AvgIpc) is 3.20. The fraction of sp³-hybridized carbons (Fsp3) is 0.381. The Hall–Kier alpha value is -2.29. The normalized spacial score (nSPS) is 12.3. The van der Waals surface area contributed by atoms with Crippen molar-refractivity contribution in [2.75, 3.05) is 20.8 Å². The molecule has 0 saturated heterocycles. The number of hydrogen-bond donors (Lipinski definition) is 1. The van der Waals surface area contributed by atoms with Crippen molar-refractivity contribution in [3.63, 3.8) is 0 Å². The minimum atomic E-state index is -0.459. The van der Waals surface area contributed by atoms with Gasteiger partial charge in [0.25, 0.3) is 0 Å². The highest BCUT2D eigenvalue weighted by Gasteiger charge is 2.27. The number of halogens is 1. The van der Waals surface area contributed by atoms with E-state index >= 15 is 0 Å². The molecule has 0 bridgehead atoms. The lowest BCUT2D eigenvalue weighted by atomic mass is 10.1. The number of esters is 1. The van der Waals surface area contributed by atoms with E-state index in [0.717, 1.165) is 11.0 Å². The summed E-state index contributed by atoms with van der Waals surface area (Å²) in [6.45, 7) is 6.44. The molecule has 0 spiro atoms. The van der Waals surface area contributed by atoms with Gasteiger partial charge in [0, 0.05) is 24.4 Å². The van der Waals surface area contributed by atoms with Crippen molar-refractivity contribution in [3.05, 3.63) is 45.7 Å². The van der Waals surface area contributed by atoms with Gasteiger partial charge in [-0.2, -0.15) is 0 Å². The second-order valence-corrected chi connectivity index (χ2v) is 8.66. The topological polar surface area (TPSA) is 86.2 Å². The second kappa shape index (κ2) is 9.24. The molecular weight excluding hydrogens is 426 g/mol. The van der Waals surface area contributed by atoms with Gasteiger partial charge in [-0.1, -0.05) is 23.4 Å². The van der Waals surface area contributed by atoms with E-state index in [1.54, 1.807) is 27.0 Å². The molecule has 1 atom stereocenters. The number of hydrogen-bond acceptors (Lipinski definition) is 6. The van der Waals surface area contributed by atoms with Crippen LogP contribution < -0.4 is 0 Å². The van der Waals surface area contributed by atoms with E-state index in [9.17, 15) is 9.59 Å². The first-order valence-corrected chi connectivity index (χ1v) is 10.7. The molecule has 0 radical (unpaired) electrons. The van der Waals surface area contributed by atoms with Crippen LogP contribution in [0.25, 0.3) is 11.0 Å². The van der Waals surface area contributed by atoms with Gasteiger partial charge in [0.1, 0.15) is 0 Å². The number of ether oxygens (including phenoxy) is 2. The Morgan fingerprint density at radius 1 is 1.30 bits per heavy atom. The second-order valence-electron chi connectivity index (χ2n) is 6.91. The maximum Gasteiger partial charge on any atom is 0.339 e. The van der Waals surface area contributed by atoms with Crippen LogP contribution in [0.5, 0.6) is 0 Å². The molecular formula is C21H24ClN3O4S. The predicted molar refractivity (Wildman–Crippen MR) is 118 cm³/mol. The highest BCUT2D eigenvalue weighted by atomic mass is 35.5. The first-order valence-electron chi connectivity index (χ1n) is 9.41. The van der Waals surface area contributed by atoms with Crippen LogP contribution in [0.15, 0.2) is 23.4 Å². The molecule has 9 heteroatoms. The van der Waals surface area contributed by atoms with Gasteiger partial charge in [-0.25, -0.2) is 9.78 Å². The van der Waals surface area contributed by atoms with E-state index in [1.807, 2.05) is 23.6 Å². The highest BCUT2D eigenvalue weighted by molar-refractivity contribution is 8.00. The van der Waals surface area contributed by atoms with Crippen molar-refractivity contribution in [2.45, 2.75) is 37.7 Å². The van der Waals surface area contributed by atoms with Crippen molar-refractivity contribution in [2.24, 2.45) is 0 Å². The summed E-state index contributed by atoms with van der Waals surface area (Å²) in [5, 5.41) is 0.882. The average molecular weight is 450 g/mol. The SMILES string of the molecule is COCCn1c(SC(C)C(=O)c2[nH]c(C)c(C(=O)OC)c2C)nc2cc(Cl)ccc21. The number of H-pyrrole nitrogens is 1. The number of Topliss-reactive ketones (excluding diaryl/α,β-unsaturated/α-hetero) is 1. The Kier molecular flexibility index (Phi) is 6.90. The number of aryl methyl sites for hydroxylation is 1. The summed E-state index contributed by atoms with van der Waals surface area (Å²) in [5.74, 6) is -0.571. The standard InChI is InChI=1S/C21H24ClN3O4S/c1-11-17(20(27)29-5)12(2)23-18(11)19(26)13(3)30-21-24-15-10-14(22)6-7-16(15)25(21)8-9-28-4/h6-7,10,13,23H,8-9H2,1-5H3. The third-order valence-corrected chi connectivity index (χ3v) is 6.24. The first kappa shape index (κ1) is 22.4. The Bertz CT molecular complexity index is 1110. The molecule has 2 aromatic heterocycles. The minimum absolute atomic E-state index is 0.112. The van der Waals surface area contributed by atoms with Crippen molar-refractivity contribution in [3.8, 4) is 0 Å². The predicted octanol–water partition coefficient (Wildman–Crippen LogP) is 4.43. The van der Waals surface area contributed by atoms with E-state index in [0.29, 0.717) is 45.8 Å². The van der Waals surface area contributed by atoms with Crippen LogP contribution in [0.3, 0.4) is 0 Å². The Labute approximate surface area is 184 Å². The maximum atomic E-state index is 13.2. The summed E-state index contributed by atoms with van der Waals surface area (Å²) in [6, 6.07) is 5.53. The number of thioether (sulfide) groups is 1. The van der Waals surface area contributed by atoms with Crippen LogP contribution in [0, 0.1) is 13.8 Å². The van der Waals surface area contributed by atoms with Gasteiger partial charge in [-0.15, -0.1) is 0 Å². The summed E-state index contributed by atoms with van der Waals surface area (Å²) in [4.78, 5) is 32.9. The summed E-state index contributed by atoms with van der Waals surface area (Å²) < 4.78 is 12.1. The smallest absolute Gasteiger partial charge is 0.339 e. The quantitative estimate of drug-likeness (QED) is 0.311. The molecule has 1 N–H and O–H groups in total. The van der Waals surface area contributed by atoms with Crippen LogP contribution in [-0.2, 0) is 16.0 Å². The number of fused-ring (bicyclic) bond motifs is 1. The van der Waals surface area contributed by atoms with Gasteiger partial charge < -0.3 is 19.0 Å². The summed E-state index contributed by atoms with van der Waals surface area (Å²) >= 11 is 7.48. The van der Waals surface area contributed by atoms with Gasteiger partial charge in [0.15, 0.2) is 10.9 Å². The lowest BCUT2D eigenvalue weighted by molar-refractivity contribution is 0.0599. The van der Waals surface area contributed by atoms with Crippen LogP contribution in [0.4, 0.5) is 0 Å². The number of ketones is 1. The molecule has 7 nitrogen and oxygen atoms in total. The zero-order valence-corrected chi connectivity index (χ0v) is 19.1. The fourth-order valence-electron chi connectivity index (χ4n) is 3.39. The van der Waals surface area contributed by atoms with Crippen LogP contribution in [-0.4, -0.2) is 52.4 Å². The fourth-order valence-corrected chi connectivity index (χ4v) is 4.56. The van der Waals surface area contributed by atoms with Crippen molar-refractivity contribution < 1.29 is 19.1 Å². The molecule has 1 unspecified atom stereocenters. The van der Waals surface area contributed by atoms with E-state index in [2.05, 4.69) is 9.97 Å². The van der Waals surface area contributed by atoms with Gasteiger partial charge in [0.2, 0.25) is 0 Å². The first-order chi connectivity index (χ1) is 14.3. The molecule has 0 aliphatic carbocycles. The third-order valence-electron chi connectivity index (χ3n) is 4.92. The van der Waals surface area contributed by atoms with Gasteiger partial charge >= 0.3 is 5.97 Å². The molecule has 2 heterocycles. The van der Waals surface area contributed by atoms with Crippen LogP contribution in [0.2, 0.25) is 5.02 Å². The van der Waals surface area contributed by atoms with Crippen molar-refractivity contribution >= 4 is 46.1 Å². The number of carbonyl (C=O) groups is 2. The number of nitrogens with one attached hydrogen (secondary N) is 1. The highest BCUT2D eigenvalue weighted by Crippen LogP contribution is 2.31. The number of aromatic nitrogens is 3. The van der Waals surface area contributed by atoms with Crippen molar-refractivity contribution in [1.29, 1.82) is 0 Å². The minimum Gasteiger partial charge on any atom is -0.465 e. The lowest BCUT2D eigenvalue weighted by Crippen LogP contribution is -2.17. The van der Waals surface area contributed by atoms with Gasteiger partial charge in [-0.05, 0) is 44.5 Å². The molecule has 30 heavy (non-hydrogen) atoms. The number of imidazole rings is 1. The van der Waals surface area contributed by atoms with Crippen molar-refractivity contribution in [1.82, 2.24) is 14.5 Å². The Morgan fingerprint density at radius 3 is 2.70 bits per heavy atom. The zero-order chi connectivity index (χ0) is 22.0. The molecule has 0 saturated carbocycles. The van der Waals surface area contributed by atoms with Gasteiger partial charge in [-0.3, -0.25) is 4.79 Å². The van der Waals surface area contributed by atoms with E-state index in [-0.39, 0.29) is 5.78 Å². The maximum absolute atomic E-state index is 13.2. The molecule has 0 amide bonds. The number of nitrogens with zero attached hydrogens (tertiary/aromatic N) is 2. The molecule has 1 aromatic carbocycles. The molecule has 160 valence electrons. The van der Waals surface area contributed by atoms with E-state index in [1.165, 1.54) is 18.9 Å². The third kappa shape index (κ3) is 4.26. The molecule has 3 rings (SSSR count).